The number of fused-ring (bicyclic) bond motifs is 1. The van der Waals surface area contributed by atoms with E-state index in [0.717, 1.165) is 16.3 Å². The van der Waals surface area contributed by atoms with E-state index < -0.39 is 11.2 Å². The van der Waals surface area contributed by atoms with Crippen molar-refractivity contribution in [2.24, 2.45) is 0 Å². The van der Waals surface area contributed by atoms with Crippen LogP contribution in [-0.4, -0.2) is 17.1 Å². The van der Waals surface area contributed by atoms with Gasteiger partial charge in [0, 0.05) is 16.8 Å². The molecule has 2 amide bonds. The Morgan fingerprint density at radius 1 is 0.886 bits per heavy atom. The minimum Gasteiger partial charge on any atom is -0.321 e. The van der Waals surface area contributed by atoms with Gasteiger partial charge in [0.15, 0.2) is 0 Å². The average Bonchev–Trinajstić information content (AvgIpc) is 3.21. The van der Waals surface area contributed by atoms with E-state index in [-0.39, 0.29) is 11.5 Å². The van der Waals surface area contributed by atoms with Gasteiger partial charge in [-0.25, -0.2) is 0 Å². The predicted octanol–water partition coefficient (Wildman–Crippen LogP) is 5.90. The summed E-state index contributed by atoms with van der Waals surface area (Å²) in [5, 5.41) is 14.7. The summed E-state index contributed by atoms with van der Waals surface area (Å²) in [5.41, 5.74) is 2.17. The minimum absolute atomic E-state index is 0.0873. The van der Waals surface area contributed by atoms with Crippen LogP contribution >= 0.6 is 11.8 Å². The number of anilines is 2. The summed E-state index contributed by atoms with van der Waals surface area (Å²) < 4.78 is 0. The number of nitriles is 1. The topological polar surface area (TPSA) is 73.2 Å². The van der Waals surface area contributed by atoms with Crippen molar-refractivity contribution in [1.82, 2.24) is 0 Å². The quantitative estimate of drug-likeness (QED) is 0.288. The molecule has 5 nitrogen and oxygen atoms in total. The number of hydrogen-bond donors (Lipinski definition) is 1. The number of carbonyl (C=O) groups is 2. The van der Waals surface area contributed by atoms with E-state index in [1.807, 2.05) is 84.9 Å². The number of carbonyl (C=O) groups excluding carboxylic acids is 2. The largest absolute Gasteiger partial charge is 0.321 e. The van der Waals surface area contributed by atoms with Crippen LogP contribution in [0, 0.1) is 11.3 Å². The molecule has 4 aromatic carbocycles. The molecule has 1 aliphatic rings. The molecule has 1 fully saturated rings. The van der Waals surface area contributed by atoms with Gasteiger partial charge in [0.1, 0.15) is 16.7 Å². The van der Waals surface area contributed by atoms with Gasteiger partial charge in [-0.2, -0.15) is 5.26 Å². The molecule has 0 aromatic heterocycles. The van der Waals surface area contributed by atoms with Crippen LogP contribution in [-0.2, 0) is 16.0 Å². The second kappa shape index (κ2) is 9.88. The van der Waals surface area contributed by atoms with Crippen LogP contribution in [0.4, 0.5) is 11.4 Å². The van der Waals surface area contributed by atoms with E-state index in [2.05, 4.69) is 11.4 Å². The first-order valence-electron chi connectivity index (χ1n) is 11.2. The van der Waals surface area contributed by atoms with Crippen LogP contribution in [0.1, 0.15) is 5.56 Å². The first kappa shape index (κ1) is 22.5. The number of para-hydroxylation sites is 1. The second-order valence-electron chi connectivity index (χ2n) is 8.08. The summed E-state index contributed by atoms with van der Waals surface area (Å²) in [6.45, 7) is 0. The van der Waals surface area contributed by atoms with Crippen LogP contribution in [0.15, 0.2) is 114 Å². The fraction of sp³-hybridized carbons (Fsp3) is 0.0690. The Balaban J connectivity index is 1.53. The number of amides is 2. The van der Waals surface area contributed by atoms with Crippen molar-refractivity contribution in [3.8, 4) is 6.07 Å². The van der Waals surface area contributed by atoms with Gasteiger partial charge in [-0.15, -0.1) is 0 Å². The third kappa shape index (κ3) is 4.54. The fourth-order valence-corrected chi connectivity index (χ4v) is 5.45. The lowest BCUT2D eigenvalue weighted by Gasteiger charge is -2.18. The third-order valence-corrected chi connectivity index (χ3v) is 7.08. The standard InChI is InChI=1S/C29H21N3O2S/c30-19-24(27(33)31-25-17-9-13-21-12-7-8-16-23(21)25)29-32(22-14-5-2-6-15-22)28(34)26(35-29)18-20-10-3-1-4-11-20/h1-17,26H,18H2,(H,31,33)/b29-24-/t26-/m0/s1. The molecule has 5 rings (SSSR count). The molecular formula is C29H21N3O2S. The van der Waals surface area contributed by atoms with Crippen LogP contribution < -0.4 is 10.2 Å². The lowest BCUT2D eigenvalue weighted by molar-refractivity contribution is -0.117. The van der Waals surface area contributed by atoms with E-state index in [4.69, 9.17) is 0 Å². The molecule has 1 aliphatic heterocycles. The summed E-state index contributed by atoms with van der Waals surface area (Å²) >= 11 is 1.26. The molecule has 1 saturated heterocycles. The smallest absolute Gasteiger partial charge is 0.269 e. The number of nitrogens with zero attached hydrogens (tertiary/aromatic N) is 2. The maximum atomic E-state index is 13.5. The van der Waals surface area contributed by atoms with E-state index in [1.54, 1.807) is 18.2 Å². The highest BCUT2D eigenvalue weighted by atomic mass is 32.2. The summed E-state index contributed by atoms with van der Waals surface area (Å²) in [4.78, 5) is 28.4. The molecule has 170 valence electrons. The SMILES string of the molecule is N#C/C(C(=O)Nc1cccc2ccccc12)=C1/S[C@@H](Cc2ccccc2)C(=O)N1c1ccccc1. The highest BCUT2D eigenvalue weighted by Crippen LogP contribution is 2.42. The Morgan fingerprint density at radius 3 is 2.29 bits per heavy atom. The Bertz CT molecular complexity index is 1470. The van der Waals surface area contributed by atoms with Crippen LogP contribution in [0.25, 0.3) is 10.8 Å². The molecular weight excluding hydrogens is 454 g/mol. The Labute approximate surface area is 207 Å². The average molecular weight is 476 g/mol. The molecule has 4 aromatic rings. The highest BCUT2D eigenvalue weighted by molar-refractivity contribution is 8.05. The third-order valence-electron chi connectivity index (χ3n) is 5.82. The molecule has 1 heterocycles. The molecule has 35 heavy (non-hydrogen) atoms. The van der Waals surface area contributed by atoms with E-state index >= 15 is 0 Å². The molecule has 0 saturated carbocycles. The van der Waals surface area contributed by atoms with Crippen LogP contribution in [0.3, 0.4) is 0 Å². The van der Waals surface area contributed by atoms with Crippen molar-refractivity contribution in [3.63, 3.8) is 0 Å². The molecule has 1 atom stereocenters. The summed E-state index contributed by atoms with van der Waals surface area (Å²) in [7, 11) is 0. The number of benzene rings is 4. The Morgan fingerprint density at radius 2 is 1.54 bits per heavy atom. The van der Waals surface area contributed by atoms with Crippen molar-refractivity contribution in [2.45, 2.75) is 11.7 Å². The first-order chi connectivity index (χ1) is 17.2. The van der Waals surface area contributed by atoms with E-state index in [0.29, 0.717) is 22.8 Å². The van der Waals surface area contributed by atoms with Gasteiger partial charge in [-0.3, -0.25) is 14.5 Å². The van der Waals surface area contributed by atoms with Crippen molar-refractivity contribution in [1.29, 1.82) is 5.26 Å². The van der Waals surface area contributed by atoms with E-state index in [1.165, 1.54) is 16.7 Å². The van der Waals surface area contributed by atoms with Crippen molar-refractivity contribution >= 4 is 45.7 Å². The monoisotopic (exact) mass is 475 g/mol. The maximum absolute atomic E-state index is 13.5. The number of nitrogens with one attached hydrogen (secondary N) is 1. The van der Waals surface area contributed by atoms with Gasteiger partial charge >= 0.3 is 0 Å². The molecule has 0 aliphatic carbocycles. The lowest BCUT2D eigenvalue weighted by atomic mass is 10.1. The lowest BCUT2D eigenvalue weighted by Crippen LogP contribution is -2.30. The Kier molecular flexibility index (Phi) is 6.34. The van der Waals surface area contributed by atoms with Crippen LogP contribution in [0.2, 0.25) is 0 Å². The van der Waals surface area contributed by atoms with Gasteiger partial charge in [0.05, 0.1) is 5.25 Å². The Hall–Kier alpha value is -4.34. The minimum atomic E-state index is -0.541. The predicted molar refractivity (Wildman–Crippen MR) is 141 cm³/mol. The summed E-state index contributed by atoms with van der Waals surface area (Å²) in [5.74, 6) is -0.689. The molecule has 0 bridgehead atoms. The van der Waals surface area contributed by atoms with Gasteiger partial charge < -0.3 is 5.32 Å². The highest BCUT2D eigenvalue weighted by Gasteiger charge is 2.40. The molecule has 0 radical (unpaired) electrons. The van der Waals surface area contributed by atoms with E-state index in [9.17, 15) is 14.9 Å². The number of hydrogen-bond acceptors (Lipinski definition) is 4. The zero-order chi connectivity index (χ0) is 24.2. The van der Waals surface area contributed by atoms with Crippen molar-refractivity contribution in [3.05, 3.63) is 119 Å². The normalized spacial score (nSPS) is 16.7. The first-order valence-corrected chi connectivity index (χ1v) is 12.1. The summed E-state index contributed by atoms with van der Waals surface area (Å²) in [6, 6.07) is 34.3. The van der Waals surface area contributed by atoms with Gasteiger partial charge in [0.2, 0.25) is 5.91 Å². The molecule has 6 heteroatoms. The van der Waals surface area contributed by atoms with Crippen LogP contribution in [0.5, 0.6) is 0 Å². The van der Waals surface area contributed by atoms with Gasteiger partial charge in [-0.1, -0.05) is 96.7 Å². The van der Waals surface area contributed by atoms with Gasteiger partial charge in [-0.05, 0) is 35.6 Å². The summed E-state index contributed by atoms with van der Waals surface area (Å²) in [6.07, 6.45) is 0.501. The number of thioether (sulfide) groups is 1. The zero-order valence-corrected chi connectivity index (χ0v) is 19.5. The number of rotatable bonds is 5. The fourth-order valence-electron chi connectivity index (χ4n) is 4.15. The molecule has 0 unspecified atom stereocenters. The van der Waals surface area contributed by atoms with Crippen molar-refractivity contribution < 1.29 is 9.59 Å². The molecule has 0 spiro atoms. The maximum Gasteiger partial charge on any atom is 0.269 e. The van der Waals surface area contributed by atoms with Crippen molar-refractivity contribution in [2.75, 3.05) is 10.2 Å². The second-order valence-corrected chi connectivity index (χ2v) is 9.27. The zero-order valence-electron chi connectivity index (χ0n) is 18.7. The molecule has 1 N–H and O–H groups in total. The van der Waals surface area contributed by atoms with Gasteiger partial charge in [0.25, 0.3) is 5.91 Å².